The average Bonchev–Trinajstić information content (AvgIpc) is 3.25. The van der Waals surface area contributed by atoms with E-state index in [2.05, 4.69) is 10.8 Å². The SMILES string of the molecule is O=C(O)CCCC=CCC1C2CCC(C2)C1NS(=O)(=O)C=Cc1cccc(Cl)c1. The number of allylic oxidation sites excluding steroid dienone is 2. The van der Waals surface area contributed by atoms with Gasteiger partial charge in [-0.1, -0.05) is 35.9 Å². The van der Waals surface area contributed by atoms with Crippen LogP contribution in [0.5, 0.6) is 0 Å². The maximum Gasteiger partial charge on any atom is 0.303 e. The third-order valence-corrected chi connectivity index (χ3v) is 7.34. The van der Waals surface area contributed by atoms with E-state index in [1.807, 2.05) is 12.1 Å². The molecular weight excluding hydrogens is 410 g/mol. The van der Waals surface area contributed by atoms with Gasteiger partial charge in [-0.25, -0.2) is 13.1 Å². The lowest BCUT2D eigenvalue weighted by Crippen LogP contribution is -2.43. The van der Waals surface area contributed by atoms with Crippen LogP contribution in [0.3, 0.4) is 0 Å². The van der Waals surface area contributed by atoms with Crippen LogP contribution in [-0.4, -0.2) is 25.5 Å². The van der Waals surface area contributed by atoms with Crippen LogP contribution in [0.1, 0.15) is 50.5 Å². The van der Waals surface area contributed by atoms with E-state index >= 15 is 0 Å². The Hall–Kier alpha value is -1.63. The van der Waals surface area contributed by atoms with Gasteiger partial charge in [-0.3, -0.25) is 4.79 Å². The summed E-state index contributed by atoms with van der Waals surface area (Å²) in [6, 6.07) is 7.04. The summed E-state index contributed by atoms with van der Waals surface area (Å²) < 4.78 is 28.2. The van der Waals surface area contributed by atoms with Crippen molar-refractivity contribution in [3.63, 3.8) is 0 Å². The standard InChI is InChI=1S/C22H28ClNO4S/c23-19-7-5-6-16(14-19)12-13-29(27,28)24-22-18-11-10-17(15-18)20(22)8-3-1-2-4-9-21(25)26/h1,3,5-7,12-14,17-18,20,22,24H,2,4,8-11,15H2,(H,25,26). The van der Waals surface area contributed by atoms with Crippen molar-refractivity contribution in [1.29, 1.82) is 0 Å². The predicted molar refractivity (Wildman–Crippen MR) is 116 cm³/mol. The first kappa shape index (κ1) is 22.1. The van der Waals surface area contributed by atoms with Crippen LogP contribution in [0.4, 0.5) is 0 Å². The molecule has 2 aliphatic rings. The smallest absolute Gasteiger partial charge is 0.303 e. The highest BCUT2D eigenvalue weighted by atomic mass is 35.5. The Morgan fingerprint density at radius 2 is 2.03 bits per heavy atom. The molecule has 29 heavy (non-hydrogen) atoms. The first-order valence-corrected chi connectivity index (χ1v) is 12.1. The van der Waals surface area contributed by atoms with E-state index in [-0.39, 0.29) is 12.5 Å². The van der Waals surface area contributed by atoms with E-state index in [9.17, 15) is 13.2 Å². The summed E-state index contributed by atoms with van der Waals surface area (Å²) >= 11 is 5.96. The van der Waals surface area contributed by atoms with Crippen LogP contribution in [0.2, 0.25) is 5.02 Å². The molecule has 2 bridgehead atoms. The Morgan fingerprint density at radius 1 is 1.24 bits per heavy atom. The molecular formula is C22H28ClNO4S. The zero-order valence-electron chi connectivity index (χ0n) is 16.3. The number of carboxylic acid groups (broad SMARTS) is 1. The second kappa shape index (κ2) is 9.92. The van der Waals surface area contributed by atoms with Gasteiger partial charge in [0.15, 0.2) is 0 Å². The van der Waals surface area contributed by atoms with Gasteiger partial charge in [-0.05, 0) is 80.1 Å². The van der Waals surface area contributed by atoms with Gasteiger partial charge in [-0.2, -0.15) is 0 Å². The summed E-state index contributed by atoms with van der Waals surface area (Å²) in [7, 11) is -3.54. The fourth-order valence-corrected chi connectivity index (χ4v) is 6.04. The molecule has 4 unspecified atom stereocenters. The largest absolute Gasteiger partial charge is 0.481 e. The van der Waals surface area contributed by atoms with Gasteiger partial charge in [-0.15, -0.1) is 0 Å². The van der Waals surface area contributed by atoms with E-state index in [1.165, 1.54) is 11.8 Å². The molecule has 0 saturated heterocycles. The van der Waals surface area contributed by atoms with Gasteiger partial charge in [0.05, 0.1) is 0 Å². The van der Waals surface area contributed by atoms with Gasteiger partial charge >= 0.3 is 5.97 Å². The Morgan fingerprint density at radius 3 is 2.79 bits per heavy atom. The minimum Gasteiger partial charge on any atom is -0.481 e. The molecule has 2 aliphatic carbocycles. The topological polar surface area (TPSA) is 83.5 Å². The molecule has 0 amide bonds. The molecule has 4 atom stereocenters. The van der Waals surface area contributed by atoms with Crippen molar-refractivity contribution in [1.82, 2.24) is 4.72 Å². The van der Waals surface area contributed by atoms with Gasteiger partial charge < -0.3 is 5.11 Å². The zero-order chi connectivity index (χ0) is 20.9. The molecule has 2 saturated carbocycles. The lowest BCUT2D eigenvalue weighted by atomic mass is 9.83. The van der Waals surface area contributed by atoms with E-state index in [1.54, 1.807) is 24.3 Å². The molecule has 0 aliphatic heterocycles. The number of hydrogen-bond acceptors (Lipinski definition) is 3. The number of halogens is 1. The number of carbonyl (C=O) groups is 1. The van der Waals surface area contributed by atoms with E-state index < -0.39 is 16.0 Å². The van der Waals surface area contributed by atoms with Crippen LogP contribution < -0.4 is 4.72 Å². The highest BCUT2D eigenvalue weighted by Crippen LogP contribution is 2.50. The lowest BCUT2D eigenvalue weighted by molar-refractivity contribution is -0.137. The Balaban J connectivity index is 1.58. The number of unbranched alkanes of at least 4 members (excludes halogenated alkanes) is 1. The monoisotopic (exact) mass is 437 g/mol. The average molecular weight is 438 g/mol. The fourth-order valence-electron chi connectivity index (χ4n) is 4.68. The summed E-state index contributed by atoms with van der Waals surface area (Å²) in [5.41, 5.74) is 0.747. The number of nitrogens with one attached hydrogen (secondary N) is 1. The van der Waals surface area contributed by atoms with E-state index in [0.717, 1.165) is 31.2 Å². The molecule has 158 valence electrons. The number of benzene rings is 1. The maximum atomic E-state index is 12.6. The molecule has 0 aromatic heterocycles. The number of rotatable bonds is 10. The third kappa shape index (κ3) is 6.43. The number of carboxylic acids is 1. The van der Waals surface area contributed by atoms with Gasteiger partial charge in [0.25, 0.3) is 0 Å². The first-order valence-electron chi connectivity index (χ1n) is 10.2. The normalized spacial score (nSPS) is 26.7. The molecule has 2 N–H and O–H groups in total. The molecule has 0 radical (unpaired) electrons. The molecule has 7 heteroatoms. The third-order valence-electron chi connectivity index (χ3n) is 6.01. The molecule has 0 heterocycles. The second-order valence-electron chi connectivity index (χ2n) is 8.04. The van der Waals surface area contributed by atoms with Gasteiger partial charge in [0, 0.05) is 22.9 Å². The van der Waals surface area contributed by atoms with Crippen molar-refractivity contribution in [2.45, 2.75) is 51.0 Å². The van der Waals surface area contributed by atoms with Gasteiger partial charge in [0.2, 0.25) is 10.0 Å². The van der Waals surface area contributed by atoms with Crippen molar-refractivity contribution in [2.75, 3.05) is 0 Å². The molecule has 0 spiro atoms. The van der Waals surface area contributed by atoms with Crippen LogP contribution >= 0.6 is 11.6 Å². The molecule has 2 fully saturated rings. The summed E-state index contributed by atoms with van der Waals surface area (Å²) in [5, 5.41) is 10.5. The van der Waals surface area contributed by atoms with Crippen LogP contribution in [0, 0.1) is 17.8 Å². The van der Waals surface area contributed by atoms with Crippen LogP contribution in [-0.2, 0) is 14.8 Å². The number of hydrogen-bond donors (Lipinski definition) is 2. The minimum absolute atomic E-state index is 0.0357. The highest BCUT2D eigenvalue weighted by molar-refractivity contribution is 7.92. The molecule has 1 aromatic rings. The quantitative estimate of drug-likeness (QED) is 0.405. The summed E-state index contributed by atoms with van der Waals surface area (Å²) in [5.74, 6) is 0.499. The Kier molecular flexibility index (Phi) is 7.55. The van der Waals surface area contributed by atoms with Crippen LogP contribution in [0.15, 0.2) is 41.8 Å². The highest BCUT2D eigenvalue weighted by Gasteiger charge is 2.47. The summed E-state index contributed by atoms with van der Waals surface area (Å²) in [6.45, 7) is 0. The summed E-state index contributed by atoms with van der Waals surface area (Å²) in [6.07, 6.45) is 11.4. The first-order chi connectivity index (χ1) is 13.8. The molecule has 3 rings (SSSR count). The minimum atomic E-state index is -3.54. The number of sulfonamides is 1. The zero-order valence-corrected chi connectivity index (χ0v) is 17.9. The predicted octanol–water partition coefficient (Wildman–Crippen LogP) is 4.85. The fraction of sp³-hybridized carbons (Fsp3) is 0.500. The number of aliphatic carboxylic acids is 1. The Bertz CT molecular complexity index is 881. The molecule has 1 aromatic carbocycles. The number of fused-ring (bicyclic) bond motifs is 2. The van der Waals surface area contributed by atoms with Crippen LogP contribution in [0.25, 0.3) is 6.08 Å². The van der Waals surface area contributed by atoms with Crippen molar-refractivity contribution in [3.8, 4) is 0 Å². The van der Waals surface area contributed by atoms with Crippen molar-refractivity contribution >= 4 is 33.7 Å². The molecule has 5 nitrogen and oxygen atoms in total. The van der Waals surface area contributed by atoms with E-state index in [4.69, 9.17) is 16.7 Å². The van der Waals surface area contributed by atoms with Crippen molar-refractivity contribution < 1.29 is 18.3 Å². The van der Waals surface area contributed by atoms with E-state index in [0.29, 0.717) is 29.2 Å². The van der Waals surface area contributed by atoms with Crippen molar-refractivity contribution in [2.24, 2.45) is 17.8 Å². The summed E-state index contributed by atoms with van der Waals surface area (Å²) in [4.78, 5) is 10.6. The second-order valence-corrected chi connectivity index (χ2v) is 10.1. The Labute approximate surface area is 177 Å². The lowest BCUT2D eigenvalue weighted by Gasteiger charge is -2.30. The van der Waals surface area contributed by atoms with Crippen molar-refractivity contribution in [3.05, 3.63) is 52.4 Å². The van der Waals surface area contributed by atoms with Gasteiger partial charge in [0.1, 0.15) is 0 Å². The maximum absolute atomic E-state index is 12.6.